The Bertz CT molecular complexity index is 1130. The van der Waals surface area contributed by atoms with Crippen LogP contribution in [0.15, 0.2) is 49.3 Å². The van der Waals surface area contributed by atoms with Crippen molar-refractivity contribution in [2.75, 3.05) is 12.3 Å². The Balaban J connectivity index is 1.54. The summed E-state index contributed by atoms with van der Waals surface area (Å²) in [4.78, 5) is 12.4. The first-order valence-corrected chi connectivity index (χ1v) is 11.9. The predicted molar refractivity (Wildman–Crippen MR) is 120 cm³/mol. The molecule has 12 heteroatoms. The Kier molecular flexibility index (Phi) is 6.20. The smallest absolute Gasteiger partial charge is 0.389 e. The minimum Gasteiger partial charge on any atom is -0.389 e. The molecular weight excluding hydrogens is 461 g/mol. The number of imidazole rings is 1. The zero-order valence-corrected chi connectivity index (χ0v) is 18.9. The van der Waals surface area contributed by atoms with Crippen LogP contribution in [0.5, 0.6) is 5.75 Å². The maximum Gasteiger partial charge on any atom is 0.573 e. The molecule has 1 aliphatic heterocycles. The third-order valence-electron chi connectivity index (χ3n) is 5.18. The van der Waals surface area contributed by atoms with E-state index in [1.165, 1.54) is 6.33 Å². The van der Waals surface area contributed by atoms with Crippen molar-refractivity contribution < 1.29 is 18.9 Å². The van der Waals surface area contributed by atoms with E-state index in [9.17, 15) is 5.11 Å². The van der Waals surface area contributed by atoms with Gasteiger partial charge in [0.15, 0.2) is 16.5 Å². The lowest BCUT2D eigenvalue weighted by atomic mass is 9.82. The number of nitrogens with zero attached hydrogens (tertiary/aromatic N) is 4. The third-order valence-corrected chi connectivity index (χ3v) is 6.70. The van der Waals surface area contributed by atoms with Crippen LogP contribution in [0.25, 0.3) is 11.2 Å². The number of para-hydroxylation sites is 1. The van der Waals surface area contributed by atoms with Crippen molar-refractivity contribution in [1.29, 1.82) is 0 Å². The lowest BCUT2D eigenvalue weighted by Crippen LogP contribution is -2.36. The average Bonchev–Trinajstić information content (AvgIpc) is 3.27. The van der Waals surface area contributed by atoms with E-state index in [0.29, 0.717) is 16.9 Å². The first kappa shape index (κ1) is 22.0. The van der Waals surface area contributed by atoms with Crippen molar-refractivity contribution in [2.45, 2.75) is 25.4 Å². The van der Waals surface area contributed by atoms with Gasteiger partial charge < -0.3 is 15.6 Å². The highest BCUT2D eigenvalue weighted by atomic mass is 35.5. The number of anilines is 1. The van der Waals surface area contributed by atoms with E-state index in [1.807, 2.05) is 25.1 Å². The fraction of sp³-hybridized carbons (Fsp3) is 0.316. The van der Waals surface area contributed by atoms with Gasteiger partial charge in [-0.3, -0.25) is 9.09 Å². The molecule has 3 N–H and O–H groups in total. The van der Waals surface area contributed by atoms with Crippen molar-refractivity contribution in [2.24, 2.45) is 5.41 Å². The van der Waals surface area contributed by atoms with Gasteiger partial charge in [0.2, 0.25) is 17.8 Å². The van der Waals surface area contributed by atoms with E-state index in [4.69, 9.17) is 42.9 Å². The molecule has 31 heavy (non-hydrogen) atoms. The summed E-state index contributed by atoms with van der Waals surface area (Å²) in [5.74, 6) is 0.622. The zero-order chi connectivity index (χ0) is 22.2. The van der Waals surface area contributed by atoms with Crippen LogP contribution in [0.2, 0.25) is 5.15 Å². The topological polar surface area (TPSA) is 118 Å². The minimum atomic E-state index is -1.63. The van der Waals surface area contributed by atoms with E-state index in [0.717, 1.165) is 0 Å². The highest BCUT2D eigenvalue weighted by molar-refractivity contribution is 8.00. The number of nitrogens with two attached hydrogens (primary N) is 1. The number of benzene rings is 1. The van der Waals surface area contributed by atoms with Crippen molar-refractivity contribution in [3.8, 4) is 5.75 Å². The summed E-state index contributed by atoms with van der Waals surface area (Å²) >= 11 is 11.4. The second kappa shape index (κ2) is 8.74. The molecule has 0 aliphatic carbocycles. The molecule has 1 fully saturated rings. The minimum absolute atomic E-state index is 0.00722. The second-order valence-corrected chi connectivity index (χ2v) is 9.30. The molecule has 1 aliphatic rings. The van der Waals surface area contributed by atoms with Crippen LogP contribution in [0.1, 0.15) is 13.2 Å². The van der Waals surface area contributed by atoms with E-state index >= 15 is 0 Å². The number of halogens is 1. The fourth-order valence-corrected chi connectivity index (χ4v) is 4.72. The van der Waals surface area contributed by atoms with Crippen molar-refractivity contribution in [3.63, 3.8) is 0 Å². The van der Waals surface area contributed by atoms with Crippen LogP contribution in [-0.2, 0) is 21.1 Å². The number of aliphatic hydroxyl groups excluding tert-OH is 1. The van der Waals surface area contributed by atoms with Gasteiger partial charge in [0.25, 0.3) is 0 Å². The second-order valence-electron chi connectivity index (χ2n) is 7.16. The monoisotopic (exact) mass is 480 g/mol. The molecule has 0 saturated carbocycles. The van der Waals surface area contributed by atoms with Crippen LogP contribution in [0, 0.1) is 5.41 Å². The molecule has 0 amide bonds. The molecule has 9 nitrogen and oxygen atoms in total. The van der Waals surface area contributed by atoms with Gasteiger partial charge in [-0.2, -0.15) is 9.97 Å². The van der Waals surface area contributed by atoms with E-state index in [2.05, 4.69) is 21.5 Å². The van der Waals surface area contributed by atoms with Crippen LogP contribution in [-0.4, -0.2) is 43.4 Å². The SMILES string of the molecule is C=CC1(C)C(O)C(CO[P+](=S)Oc2ccccc2)OC1n1cnc2c(Cl)nc(N)nc21. The number of rotatable bonds is 7. The first-order chi connectivity index (χ1) is 14.8. The van der Waals surface area contributed by atoms with Crippen LogP contribution >= 0.6 is 18.8 Å². The normalized spacial score (nSPS) is 26.2. The molecule has 4 rings (SSSR count). The Hall–Kier alpha value is -2.20. The molecule has 0 bridgehead atoms. The summed E-state index contributed by atoms with van der Waals surface area (Å²) in [6, 6.07) is 9.15. The van der Waals surface area contributed by atoms with Crippen molar-refractivity contribution >= 4 is 47.7 Å². The summed E-state index contributed by atoms with van der Waals surface area (Å²) in [7, 11) is -1.63. The Labute approximate surface area is 189 Å². The molecule has 5 unspecified atom stereocenters. The summed E-state index contributed by atoms with van der Waals surface area (Å²) in [6.45, 7) is 5.75. The number of ether oxygens (including phenoxy) is 1. The van der Waals surface area contributed by atoms with Crippen LogP contribution in [0.4, 0.5) is 5.95 Å². The van der Waals surface area contributed by atoms with Crippen LogP contribution < -0.4 is 10.3 Å². The molecule has 2 aromatic heterocycles. The van der Waals surface area contributed by atoms with Crippen molar-refractivity contribution in [1.82, 2.24) is 19.5 Å². The summed E-state index contributed by atoms with van der Waals surface area (Å²) in [5.41, 5.74) is 5.64. The van der Waals surface area contributed by atoms with Gasteiger partial charge in [-0.25, -0.2) is 4.98 Å². The molecule has 0 spiro atoms. The van der Waals surface area contributed by atoms with E-state index < -0.39 is 31.0 Å². The zero-order valence-electron chi connectivity index (χ0n) is 16.5. The van der Waals surface area contributed by atoms with E-state index in [1.54, 1.807) is 22.8 Å². The maximum atomic E-state index is 11.0. The molecular formula is C19H20ClN5O4PS+. The lowest BCUT2D eigenvalue weighted by Gasteiger charge is -2.29. The molecule has 3 heterocycles. The number of nitrogen functional groups attached to an aromatic ring is 1. The van der Waals surface area contributed by atoms with Crippen LogP contribution in [0.3, 0.4) is 0 Å². The highest BCUT2D eigenvalue weighted by Crippen LogP contribution is 2.47. The van der Waals surface area contributed by atoms with Gasteiger partial charge in [-0.1, -0.05) is 35.9 Å². The number of hydrogen-bond donors (Lipinski definition) is 2. The number of hydrogen-bond acceptors (Lipinski definition) is 9. The Morgan fingerprint density at radius 3 is 2.87 bits per heavy atom. The number of fused-ring (bicyclic) bond motifs is 1. The summed E-state index contributed by atoms with van der Waals surface area (Å²) in [6.07, 6.45) is 0.850. The highest BCUT2D eigenvalue weighted by Gasteiger charge is 2.53. The Morgan fingerprint density at radius 1 is 1.42 bits per heavy atom. The predicted octanol–water partition coefficient (Wildman–Crippen LogP) is 3.38. The lowest BCUT2D eigenvalue weighted by molar-refractivity contribution is -0.0418. The summed E-state index contributed by atoms with van der Waals surface area (Å²) < 4.78 is 19.1. The van der Waals surface area contributed by atoms with Gasteiger partial charge in [0, 0.05) is 0 Å². The standard InChI is InChI=1S/C19H20ClN5O4PS/c1-3-19(2)14(26)12(9-27-30(31)29-11-7-5-4-6-8-11)28-17(19)25-10-22-13-15(20)23-18(21)24-16(13)25/h3-8,10,12,14,17,26H,1,9H2,2H3,(H2,21,23,24)/q+1. The molecule has 3 aromatic rings. The fourth-order valence-electron chi connectivity index (χ4n) is 3.45. The van der Waals surface area contributed by atoms with E-state index in [-0.39, 0.29) is 17.7 Å². The Morgan fingerprint density at radius 2 is 2.16 bits per heavy atom. The van der Waals surface area contributed by atoms with Gasteiger partial charge in [0.1, 0.15) is 24.5 Å². The molecule has 5 atom stereocenters. The maximum absolute atomic E-state index is 11.0. The third kappa shape index (κ3) is 4.15. The quantitative estimate of drug-likeness (QED) is 0.298. The average molecular weight is 481 g/mol. The van der Waals surface area contributed by atoms with Gasteiger partial charge in [-0.15, -0.1) is 11.1 Å². The van der Waals surface area contributed by atoms with Gasteiger partial charge >= 0.3 is 7.15 Å². The largest absolute Gasteiger partial charge is 0.573 e. The molecule has 1 saturated heterocycles. The first-order valence-electron chi connectivity index (χ1n) is 9.29. The number of aliphatic hydroxyl groups is 1. The number of aromatic nitrogens is 4. The molecule has 0 radical (unpaired) electrons. The van der Waals surface area contributed by atoms with Gasteiger partial charge in [0.05, 0.1) is 17.8 Å². The molecule has 1 aromatic carbocycles. The summed E-state index contributed by atoms with van der Waals surface area (Å²) in [5, 5.41) is 11.1. The molecule has 162 valence electrons. The van der Waals surface area contributed by atoms with Crippen molar-refractivity contribution in [3.05, 3.63) is 54.5 Å². The van der Waals surface area contributed by atoms with Gasteiger partial charge in [-0.05, 0) is 19.1 Å².